The van der Waals surface area contributed by atoms with E-state index in [0.29, 0.717) is 6.42 Å². The van der Waals surface area contributed by atoms with Crippen LogP contribution in [-0.4, -0.2) is 22.9 Å². The van der Waals surface area contributed by atoms with Crippen molar-refractivity contribution in [2.45, 2.75) is 66.8 Å². The first kappa shape index (κ1) is 14.5. The molecule has 2 heteroatoms. The van der Waals surface area contributed by atoms with Gasteiger partial charge in [-0.1, -0.05) is 27.7 Å². The highest BCUT2D eigenvalue weighted by Gasteiger charge is 2.26. The minimum Gasteiger partial charge on any atom is -0.338 e. The van der Waals surface area contributed by atoms with Gasteiger partial charge in [-0.05, 0) is 32.6 Å². The van der Waals surface area contributed by atoms with Crippen LogP contribution in [0.3, 0.4) is 0 Å². The molecule has 0 N–H and O–H groups in total. The Hall–Kier alpha value is -0.530. The minimum atomic E-state index is -0.0572. The maximum Gasteiger partial charge on any atom is 0.222 e. The van der Waals surface area contributed by atoms with Gasteiger partial charge in [-0.3, -0.25) is 4.79 Å². The first-order valence-electron chi connectivity index (χ1n) is 5.88. The molecule has 0 spiro atoms. The highest BCUT2D eigenvalue weighted by molar-refractivity contribution is 5.76. The smallest absolute Gasteiger partial charge is 0.222 e. The summed E-state index contributed by atoms with van der Waals surface area (Å²) in [7, 11) is 0. The van der Waals surface area contributed by atoms with Crippen LogP contribution in [0.4, 0.5) is 0 Å². The van der Waals surface area contributed by atoms with Crippen molar-refractivity contribution in [3.05, 3.63) is 0 Å². The van der Waals surface area contributed by atoms with Crippen LogP contribution in [0.15, 0.2) is 0 Å². The Bertz CT molecular complexity index is 208. The van der Waals surface area contributed by atoms with Gasteiger partial charge in [0, 0.05) is 18.5 Å². The largest absolute Gasteiger partial charge is 0.338 e. The van der Waals surface area contributed by atoms with E-state index in [4.69, 9.17) is 0 Å². The molecule has 0 radical (unpaired) electrons. The Morgan fingerprint density at radius 2 is 1.53 bits per heavy atom. The molecule has 2 nitrogen and oxygen atoms in total. The quantitative estimate of drug-likeness (QED) is 0.703. The summed E-state index contributed by atoms with van der Waals surface area (Å²) < 4.78 is 0. The van der Waals surface area contributed by atoms with E-state index in [9.17, 15) is 4.79 Å². The fraction of sp³-hybridized carbons (Fsp3) is 0.923. The third-order valence-corrected chi connectivity index (χ3v) is 2.50. The maximum absolute atomic E-state index is 11.8. The van der Waals surface area contributed by atoms with E-state index in [2.05, 4.69) is 41.5 Å². The van der Waals surface area contributed by atoms with Crippen LogP contribution in [-0.2, 0) is 4.79 Å². The van der Waals surface area contributed by atoms with Gasteiger partial charge < -0.3 is 4.90 Å². The molecule has 0 aliphatic heterocycles. The van der Waals surface area contributed by atoms with Crippen molar-refractivity contribution in [3.63, 3.8) is 0 Å². The van der Waals surface area contributed by atoms with Crippen LogP contribution in [0.25, 0.3) is 0 Å². The van der Waals surface area contributed by atoms with Crippen LogP contribution in [0.1, 0.15) is 61.3 Å². The molecule has 0 rings (SSSR count). The van der Waals surface area contributed by atoms with Crippen molar-refractivity contribution >= 4 is 5.91 Å². The van der Waals surface area contributed by atoms with Gasteiger partial charge in [0.2, 0.25) is 5.91 Å². The lowest BCUT2D eigenvalue weighted by Gasteiger charge is -2.37. The molecule has 0 aromatic rings. The molecular weight excluding hydrogens is 186 g/mol. The third-order valence-electron chi connectivity index (χ3n) is 2.50. The highest BCUT2D eigenvalue weighted by atomic mass is 16.2. The van der Waals surface area contributed by atoms with E-state index >= 15 is 0 Å². The summed E-state index contributed by atoms with van der Waals surface area (Å²) in [5.74, 6) is 0.256. The SMILES string of the molecule is CCC(=O)N(CCC(C)(C)C)C(C)(C)C. The van der Waals surface area contributed by atoms with Gasteiger partial charge in [-0.15, -0.1) is 0 Å². The number of hydrogen-bond donors (Lipinski definition) is 0. The second kappa shape index (κ2) is 5.00. The zero-order valence-electron chi connectivity index (χ0n) is 11.5. The summed E-state index contributed by atoms with van der Waals surface area (Å²) in [5, 5.41) is 0. The summed E-state index contributed by atoms with van der Waals surface area (Å²) in [4.78, 5) is 13.8. The molecule has 15 heavy (non-hydrogen) atoms. The van der Waals surface area contributed by atoms with Crippen molar-refractivity contribution in [2.75, 3.05) is 6.54 Å². The van der Waals surface area contributed by atoms with E-state index in [1.165, 1.54) is 0 Å². The Balaban J connectivity index is 4.48. The van der Waals surface area contributed by atoms with Crippen molar-refractivity contribution < 1.29 is 4.79 Å². The molecular formula is C13H27NO. The molecule has 0 saturated heterocycles. The molecule has 0 saturated carbocycles. The zero-order chi connectivity index (χ0) is 12.3. The summed E-state index contributed by atoms with van der Waals surface area (Å²) in [6, 6.07) is 0. The third kappa shape index (κ3) is 5.81. The summed E-state index contributed by atoms with van der Waals surface area (Å²) >= 11 is 0. The molecule has 0 bridgehead atoms. The lowest BCUT2D eigenvalue weighted by Crippen LogP contribution is -2.46. The fourth-order valence-corrected chi connectivity index (χ4v) is 1.47. The molecule has 1 amide bonds. The van der Waals surface area contributed by atoms with E-state index in [-0.39, 0.29) is 16.9 Å². The van der Waals surface area contributed by atoms with Crippen LogP contribution in [0, 0.1) is 5.41 Å². The predicted molar refractivity (Wildman–Crippen MR) is 65.8 cm³/mol. The van der Waals surface area contributed by atoms with Crippen LogP contribution < -0.4 is 0 Å². The standard InChI is InChI=1S/C13H27NO/c1-8-11(15)14(13(5,6)7)10-9-12(2,3)4/h8-10H2,1-7H3. The number of carbonyl (C=O) groups excluding carboxylic acids is 1. The van der Waals surface area contributed by atoms with Crippen molar-refractivity contribution in [3.8, 4) is 0 Å². The first-order valence-corrected chi connectivity index (χ1v) is 5.88. The number of amides is 1. The minimum absolute atomic E-state index is 0.0572. The van der Waals surface area contributed by atoms with E-state index in [0.717, 1.165) is 13.0 Å². The fourth-order valence-electron chi connectivity index (χ4n) is 1.47. The van der Waals surface area contributed by atoms with Gasteiger partial charge >= 0.3 is 0 Å². The molecule has 0 aromatic heterocycles. The highest BCUT2D eigenvalue weighted by Crippen LogP contribution is 2.22. The number of nitrogens with zero attached hydrogens (tertiary/aromatic N) is 1. The number of rotatable bonds is 3. The molecule has 0 aliphatic carbocycles. The van der Waals surface area contributed by atoms with Gasteiger partial charge in [0.1, 0.15) is 0 Å². The molecule has 0 unspecified atom stereocenters. The first-order chi connectivity index (χ1) is 6.58. The topological polar surface area (TPSA) is 20.3 Å². The van der Waals surface area contributed by atoms with E-state index < -0.39 is 0 Å². The van der Waals surface area contributed by atoms with Gasteiger partial charge in [0.15, 0.2) is 0 Å². The number of carbonyl (C=O) groups is 1. The summed E-state index contributed by atoms with van der Waals surface area (Å²) in [5.41, 5.74) is 0.232. The second-order valence-corrected chi connectivity index (χ2v) is 6.38. The Morgan fingerprint density at radius 3 is 1.80 bits per heavy atom. The average Bonchev–Trinajstić information content (AvgIpc) is 1.99. The predicted octanol–water partition coefficient (Wildman–Crippen LogP) is 3.46. The lowest BCUT2D eigenvalue weighted by molar-refractivity contribution is -0.136. The van der Waals surface area contributed by atoms with Gasteiger partial charge in [0.25, 0.3) is 0 Å². The van der Waals surface area contributed by atoms with Crippen molar-refractivity contribution in [1.29, 1.82) is 0 Å². The van der Waals surface area contributed by atoms with Crippen molar-refractivity contribution in [2.24, 2.45) is 5.41 Å². The molecule has 90 valence electrons. The monoisotopic (exact) mass is 213 g/mol. The number of hydrogen-bond acceptors (Lipinski definition) is 1. The molecule has 0 atom stereocenters. The summed E-state index contributed by atoms with van der Waals surface area (Å²) in [6.07, 6.45) is 1.65. The van der Waals surface area contributed by atoms with Crippen LogP contribution in [0.5, 0.6) is 0 Å². The zero-order valence-corrected chi connectivity index (χ0v) is 11.5. The Morgan fingerprint density at radius 1 is 1.07 bits per heavy atom. The molecule has 0 fully saturated rings. The molecule has 0 aliphatic rings. The second-order valence-electron chi connectivity index (χ2n) is 6.38. The summed E-state index contributed by atoms with van der Waals surface area (Å²) in [6.45, 7) is 15.7. The normalized spacial score (nSPS) is 12.7. The Labute approximate surface area is 95.0 Å². The van der Waals surface area contributed by atoms with Crippen LogP contribution in [0.2, 0.25) is 0 Å². The van der Waals surface area contributed by atoms with Crippen LogP contribution >= 0.6 is 0 Å². The van der Waals surface area contributed by atoms with Crippen molar-refractivity contribution in [1.82, 2.24) is 4.90 Å². The van der Waals surface area contributed by atoms with Gasteiger partial charge in [0.05, 0.1) is 0 Å². The Kier molecular flexibility index (Phi) is 4.82. The molecule has 0 heterocycles. The van der Waals surface area contributed by atoms with E-state index in [1.807, 2.05) is 11.8 Å². The lowest BCUT2D eigenvalue weighted by atomic mass is 9.91. The average molecular weight is 213 g/mol. The van der Waals surface area contributed by atoms with Gasteiger partial charge in [-0.2, -0.15) is 0 Å². The van der Waals surface area contributed by atoms with E-state index in [1.54, 1.807) is 0 Å². The maximum atomic E-state index is 11.8. The molecule has 0 aromatic carbocycles. The van der Waals surface area contributed by atoms with Gasteiger partial charge in [-0.25, -0.2) is 0 Å².